The molecule has 0 saturated heterocycles. The van der Waals surface area contributed by atoms with Crippen LogP contribution in [0, 0.1) is 189 Å². The summed E-state index contributed by atoms with van der Waals surface area (Å²) in [6.45, 7) is 82.6. The highest BCUT2D eigenvalue weighted by atomic mass is 14.4. The molecule has 0 aliphatic rings. The van der Waals surface area contributed by atoms with E-state index < -0.39 is 10.8 Å². The molecule has 6 rings (SSSR count). The van der Waals surface area contributed by atoms with E-state index in [1.54, 1.807) is 0 Å². The lowest BCUT2D eigenvalue weighted by molar-refractivity contribution is 0.556. The second-order valence-electron chi connectivity index (χ2n) is 43.3. The SMILES string of the molecule is CC(C)(C)c1cc(C(C)(C)C)cc(C(C#CC#CC#CC#CC#CC#CC#CC#CC#CC#CC#CC#CC#CC#CC#CC#CC(c2cc(C(C)(C)C)cc(C(C)(C)C)c2)(c2cc(C(C)(C)C)cc(C(C)(C)C)c2)c2cc(C(C)(C)C)cc(C(C)(C)C)c2)(c2cc(C(C)(C)C)cc(C(C)(C)C)c2)c2cc(C(C)(C)C)cc(C(C)(C)C)c2)c1. The van der Waals surface area contributed by atoms with Gasteiger partial charge >= 0.3 is 0 Å². The molecule has 0 aliphatic heterocycles. The first kappa shape index (κ1) is 95.1. The lowest BCUT2D eigenvalue weighted by Gasteiger charge is -2.38. The molecule has 0 saturated carbocycles. The Balaban J connectivity index is 1.25. The number of benzene rings is 6. The van der Waals surface area contributed by atoms with E-state index in [0.29, 0.717) is 0 Å². The summed E-state index contributed by atoms with van der Waals surface area (Å²) in [5.74, 6) is 91.9. The molecule has 0 radical (unpaired) electrons. The van der Waals surface area contributed by atoms with Crippen LogP contribution in [0.5, 0.6) is 0 Å². The van der Waals surface area contributed by atoms with Crippen molar-refractivity contribution in [3.05, 3.63) is 209 Å². The van der Waals surface area contributed by atoms with Gasteiger partial charge < -0.3 is 0 Å². The second kappa shape index (κ2) is 36.8. The van der Waals surface area contributed by atoms with Gasteiger partial charge in [0.25, 0.3) is 0 Å². The first-order valence-electron chi connectivity index (χ1n) is 41.1. The van der Waals surface area contributed by atoms with E-state index in [1.807, 2.05) is 0 Å². The van der Waals surface area contributed by atoms with Gasteiger partial charge in [0.05, 0.1) is 0 Å². The third kappa shape index (κ3) is 26.4. The maximum absolute atomic E-state index is 3.93. The van der Waals surface area contributed by atoms with Crippen molar-refractivity contribution in [2.45, 2.75) is 325 Å². The minimum absolute atomic E-state index is 0.154. The first-order valence-corrected chi connectivity index (χ1v) is 41.1. The molecule has 0 N–H and O–H groups in total. The van der Waals surface area contributed by atoms with Crippen molar-refractivity contribution in [2.75, 3.05) is 0 Å². The smallest absolute Gasteiger partial charge is 0.0677 e. The zero-order chi connectivity index (χ0) is 88.7. The Hall–Kier alpha value is -11.7. The molecule has 0 aromatic heterocycles. The fourth-order valence-electron chi connectivity index (χ4n) is 12.8. The monoisotopic (exact) mass is 1540 g/mol. The Labute approximate surface area is 719 Å². The van der Waals surface area contributed by atoms with Crippen LogP contribution < -0.4 is 0 Å². The Kier molecular flexibility index (Phi) is 29.7. The fourth-order valence-corrected chi connectivity index (χ4v) is 12.8. The van der Waals surface area contributed by atoms with Crippen LogP contribution >= 0.6 is 0 Å². The van der Waals surface area contributed by atoms with Crippen molar-refractivity contribution in [1.29, 1.82) is 0 Å². The molecule has 0 amide bonds. The van der Waals surface area contributed by atoms with Gasteiger partial charge in [-0.2, -0.15) is 0 Å². The summed E-state index contributed by atoms with van der Waals surface area (Å²) in [4.78, 5) is 0. The largest absolute Gasteiger partial charge is 0.107 e. The highest BCUT2D eigenvalue weighted by Crippen LogP contribution is 2.50. The predicted octanol–water partition coefficient (Wildman–Crippen LogP) is 24.7. The maximum Gasteiger partial charge on any atom is 0.107 e. The van der Waals surface area contributed by atoms with Gasteiger partial charge in [0.2, 0.25) is 0 Å². The lowest BCUT2D eigenvalue weighted by atomic mass is 9.64. The third-order valence-electron chi connectivity index (χ3n) is 20.9. The Bertz CT molecular complexity index is 5050. The molecule has 6 aromatic carbocycles. The van der Waals surface area contributed by atoms with Crippen LogP contribution in [0.1, 0.15) is 349 Å². The summed E-state index contributed by atoms with van der Waals surface area (Å²) in [7, 11) is 0. The van der Waals surface area contributed by atoms with Crippen LogP contribution in [0.3, 0.4) is 0 Å². The Morgan fingerprint density at radius 3 is 0.246 bits per heavy atom. The van der Waals surface area contributed by atoms with Crippen LogP contribution in [0.25, 0.3) is 0 Å². The lowest BCUT2D eigenvalue weighted by Crippen LogP contribution is -2.32. The average molecular weight is 1540 g/mol. The van der Waals surface area contributed by atoms with Crippen LogP contribution in [0.15, 0.2) is 109 Å². The van der Waals surface area contributed by atoms with Gasteiger partial charge in [-0.15, -0.1) is 0 Å². The zero-order valence-electron chi connectivity index (χ0n) is 78.4. The standard InChI is InChI=1S/C118H126/c1-105(2,3)87-69-88(106(4,5)6)76-99(75-87)117(100-77-89(107(7,8)9)70-90(78-100)108(10,11)12,101-79-91(109(13,14)15)71-92(80-101)110(16,17)18)67-65-63-61-59-57-55-53-51-49-47-45-43-41-39-37-38-40-42-44-46-48-50-52-54-56-58-60-62-64-66-68-118(102-81-93(111(19,20)21)72-94(82-102)112(22,23)24,103-83-95(113(25,26)27)73-96(84-103)114(28,29)30)104-85-97(115(31,32)33)74-98(86-104)116(34,35)36/h69-86H,1-36H3. The van der Waals surface area contributed by atoms with E-state index in [4.69, 9.17) is 0 Å². The molecule has 0 fully saturated rings. The molecule has 598 valence electrons. The Morgan fingerprint density at radius 1 is 0.102 bits per heavy atom. The molecule has 0 spiro atoms. The summed E-state index contributed by atoms with van der Waals surface area (Å²) in [5.41, 5.74) is 17.9. The van der Waals surface area contributed by atoms with E-state index >= 15 is 0 Å². The summed E-state index contributed by atoms with van der Waals surface area (Å²) in [6.07, 6.45) is 0. The van der Waals surface area contributed by atoms with Crippen LogP contribution in [0.4, 0.5) is 0 Å². The normalized spacial score (nSPS) is 11.7. The molecule has 0 heteroatoms. The van der Waals surface area contributed by atoms with Crippen molar-refractivity contribution in [3.63, 3.8) is 0 Å². The molecular weight excluding hydrogens is 1420 g/mol. The molecule has 118 heavy (non-hydrogen) atoms. The van der Waals surface area contributed by atoms with E-state index in [0.717, 1.165) is 33.4 Å². The molecular formula is C118H126. The van der Waals surface area contributed by atoms with E-state index in [1.165, 1.54) is 66.8 Å². The Morgan fingerprint density at radius 2 is 0.169 bits per heavy atom. The van der Waals surface area contributed by atoms with E-state index in [2.05, 4.69) is 548 Å². The molecule has 0 atom stereocenters. The quantitative estimate of drug-likeness (QED) is 0.115. The van der Waals surface area contributed by atoms with Gasteiger partial charge in [-0.3, -0.25) is 0 Å². The summed E-state index contributed by atoms with van der Waals surface area (Å²) in [6, 6.07) is 43.1. The van der Waals surface area contributed by atoms with Crippen molar-refractivity contribution in [1.82, 2.24) is 0 Å². The van der Waals surface area contributed by atoms with Gasteiger partial charge in [0, 0.05) is 82.9 Å². The topological polar surface area (TPSA) is 0 Å². The van der Waals surface area contributed by atoms with Gasteiger partial charge in [0.1, 0.15) is 10.8 Å². The highest BCUT2D eigenvalue weighted by molar-refractivity contribution is 5.67. The molecule has 0 bridgehead atoms. The van der Waals surface area contributed by atoms with Crippen molar-refractivity contribution >= 4 is 0 Å². The molecule has 0 nitrogen and oxygen atoms in total. The summed E-state index contributed by atoms with van der Waals surface area (Å²) < 4.78 is 0. The van der Waals surface area contributed by atoms with Crippen LogP contribution in [0.2, 0.25) is 0 Å². The summed E-state index contributed by atoms with van der Waals surface area (Å²) in [5, 5.41) is 0. The number of hydrogen-bond donors (Lipinski definition) is 0. The molecule has 0 unspecified atom stereocenters. The maximum atomic E-state index is 3.93. The molecule has 6 aromatic rings. The summed E-state index contributed by atoms with van der Waals surface area (Å²) >= 11 is 0. The highest BCUT2D eigenvalue weighted by Gasteiger charge is 2.43. The van der Waals surface area contributed by atoms with Crippen LogP contribution in [-0.2, 0) is 75.8 Å². The molecule has 0 aliphatic carbocycles. The van der Waals surface area contributed by atoms with E-state index in [9.17, 15) is 0 Å². The minimum Gasteiger partial charge on any atom is -0.0677 e. The predicted molar refractivity (Wildman–Crippen MR) is 507 cm³/mol. The second-order valence-corrected chi connectivity index (χ2v) is 43.3. The third-order valence-corrected chi connectivity index (χ3v) is 20.9. The van der Waals surface area contributed by atoms with Gasteiger partial charge in [-0.1, -0.05) is 370 Å². The minimum atomic E-state index is -0.969. The van der Waals surface area contributed by atoms with E-state index in [-0.39, 0.29) is 65.0 Å². The van der Waals surface area contributed by atoms with Crippen molar-refractivity contribution < 1.29 is 0 Å². The zero-order valence-corrected chi connectivity index (χ0v) is 78.4. The number of hydrogen-bond acceptors (Lipinski definition) is 0. The van der Waals surface area contributed by atoms with Crippen molar-refractivity contribution in [2.24, 2.45) is 0 Å². The molecule has 0 heterocycles. The van der Waals surface area contributed by atoms with Gasteiger partial charge in [0.15, 0.2) is 0 Å². The average Bonchev–Trinajstić information content (AvgIpc) is 0.728. The van der Waals surface area contributed by atoms with Crippen LogP contribution in [-0.4, -0.2) is 0 Å². The van der Waals surface area contributed by atoms with Gasteiger partial charge in [-0.25, -0.2) is 0 Å². The van der Waals surface area contributed by atoms with Gasteiger partial charge in [-0.05, 0) is 260 Å². The number of rotatable bonds is 6. The van der Waals surface area contributed by atoms with Crippen molar-refractivity contribution in [3.8, 4) is 189 Å². The first-order chi connectivity index (χ1) is 54.1. The fraction of sp³-hybridized carbons (Fsp3) is 0.424.